The van der Waals surface area contributed by atoms with Gasteiger partial charge in [-0.25, -0.2) is 0 Å². The SMILES string of the molecule is O=C(CSc1nnnn1-c1ccc(O)cc1)c1c[nH]c(C(=O)N2CCCC2)c1. The molecule has 1 fully saturated rings. The summed E-state index contributed by atoms with van der Waals surface area (Å²) in [5.74, 6) is 0.0867. The van der Waals surface area contributed by atoms with Crippen molar-refractivity contribution in [2.75, 3.05) is 18.8 Å². The molecule has 28 heavy (non-hydrogen) atoms. The number of benzene rings is 1. The van der Waals surface area contributed by atoms with E-state index >= 15 is 0 Å². The van der Waals surface area contributed by atoms with Crippen LogP contribution in [-0.2, 0) is 0 Å². The van der Waals surface area contributed by atoms with Gasteiger partial charge in [0.25, 0.3) is 5.91 Å². The standard InChI is InChI=1S/C18H18N6O3S/c25-14-5-3-13(4-6-14)24-18(20-21-22-24)28-11-16(26)12-9-15(19-10-12)17(27)23-7-1-2-8-23/h3-6,9-10,19,25H,1-2,7-8,11H2. The molecule has 144 valence electrons. The quantitative estimate of drug-likeness (QED) is 0.481. The van der Waals surface area contributed by atoms with Crippen LogP contribution in [0.25, 0.3) is 5.69 Å². The highest BCUT2D eigenvalue weighted by molar-refractivity contribution is 7.99. The first-order valence-corrected chi connectivity index (χ1v) is 9.82. The molecule has 9 nitrogen and oxygen atoms in total. The maximum atomic E-state index is 12.5. The Hall–Kier alpha value is -3.14. The van der Waals surface area contributed by atoms with Crippen LogP contribution in [-0.4, -0.2) is 65.7 Å². The van der Waals surface area contributed by atoms with E-state index in [9.17, 15) is 14.7 Å². The molecule has 0 bridgehead atoms. The lowest BCUT2D eigenvalue weighted by Crippen LogP contribution is -2.27. The van der Waals surface area contributed by atoms with Gasteiger partial charge in [0.05, 0.1) is 11.4 Å². The van der Waals surface area contributed by atoms with Gasteiger partial charge in [0.2, 0.25) is 5.16 Å². The Morgan fingerprint density at radius 2 is 1.93 bits per heavy atom. The summed E-state index contributed by atoms with van der Waals surface area (Å²) in [6.45, 7) is 1.52. The number of phenolic OH excluding ortho intramolecular Hbond substituents is 1. The monoisotopic (exact) mass is 398 g/mol. The molecule has 1 aliphatic rings. The number of phenols is 1. The van der Waals surface area contributed by atoms with Crippen LogP contribution in [0.15, 0.2) is 41.7 Å². The Kier molecular flexibility index (Phi) is 5.11. The maximum absolute atomic E-state index is 12.5. The predicted molar refractivity (Wildman–Crippen MR) is 102 cm³/mol. The number of rotatable bonds is 6. The molecule has 0 radical (unpaired) electrons. The molecule has 10 heteroatoms. The van der Waals surface area contributed by atoms with E-state index in [0.717, 1.165) is 25.9 Å². The Morgan fingerprint density at radius 1 is 1.18 bits per heavy atom. The molecule has 3 heterocycles. The number of aromatic nitrogens is 5. The second kappa shape index (κ2) is 7.85. The highest BCUT2D eigenvalue weighted by Crippen LogP contribution is 2.21. The first-order valence-electron chi connectivity index (χ1n) is 8.83. The number of thioether (sulfide) groups is 1. The molecule has 1 aromatic carbocycles. The van der Waals surface area contributed by atoms with Crippen molar-refractivity contribution in [3.05, 3.63) is 47.8 Å². The molecule has 1 aliphatic heterocycles. The van der Waals surface area contributed by atoms with Gasteiger partial charge in [-0.3, -0.25) is 9.59 Å². The van der Waals surface area contributed by atoms with Crippen LogP contribution in [0.3, 0.4) is 0 Å². The third-order valence-electron chi connectivity index (χ3n) is 4.50. The van der Waals surface area contributed by atoms with E-state index < -0.39 is 0 Å². The lowest BCUT2D eigenvalue weighted by Gasteiger charge is -2.13. The minimum Gasteiger partial charge on any atom is -0.508 e. The minimum absolute atomic E-state index is 0.0690. The van der Waals surface area contributed by atoms with Crippen molar-refractivity contribution < 1.29 is 14.7 Å². The first-order chi connectivity index (χ1) is 13.6. The lowest BCUT2D eigenvalue weighted by atomic mass is 10.2. The minimum atomic E-state index is -0.123. The molecule has 1 amide bonds. The Bertz CT molecular complexity index is 991. The number of hydrogen-bond donors (Lipinski definition) is 2. The number of ketones is 1. The number of amides is 1. The number of aromatic amines is 1. The van der Waals surface area contributed by atoms with Crippen LogP contribution in [0.2, 0.25) is 0 Å². The molecule has 1 saturated heterocycles. The van der Waals surface area contributed by atoms with Crippen molar-refractivity contribution in [3.8, 4) is 11.4 Å². The smallest absolute Gasteiger partial charge is 0.270 e. The van der Waals surface area contributed by atoms with Gasteiger partial charge >= 0.3 is 0 Å². The van der Waals surface area contributed by atoms with Gasteiger partial charge in [-0.15, -0.1) is 5.10 Å². The van der Waals surface area contributed by atoms with Crippen LogP contribution in [0.5, 0.6) is 5.75 Å². The van der Waals surface area contributed by atoms with Crippen LogP contribution >= 0.6 is 11.8 Å². The van der Waals surface area contributed by atoms with E-state index in [2.05, 4.69) is 20.5 Å². The third kappa shape index (κ3) is 3.77. The van der Waals surface area contributed by atoms with E-state index in [1.165, 1.54) is 28.6 Å². The van der Waals surface area contributed by atoms with Crippen molar-refractivity contribution in [3.63, 3.8) is 0 Å². The Labute approximate surface area is 164 Å². The second-order valence-electron chi connectivity index (χ2n) is 6.40. The molecule has 0 saturated carbocycles. The van der Waals surface area contributed by atoms with Gasteiger partial charge in [-0.2, -0.15) is 4.68 Å². The van der Waals surface area contributed by atoms with Gasteiger partial charge in [0, 0.05) is 24.8 Å². The fraction of sp³-hybridized carbons (Fsp3) is 0.278. The van der Waals surface area contributed by atoms with Gasteiger partial charge in [-0.05, 0) is 53.6 Å². The van der Waals surface area contributed by atoms with E-state index in [-0.39, 0.29) is 23.2 Å². The summed E-state index contributed by atoms with van der Waals surface area (Å²) in [5.41, 5.74) is 1.57. The topological polar surface area (TPSA) is 117 Å². The summed E-state index contributed by atoms with van der Waals surface area (Å²) in [6.07, 6.45) is 3.60. The Balaban J connectivity index is 1.41. The van der Waals surface area contributed by atoms with E-state index in [1.54, 1.807) is 29.3 Å². The van der Waals surface area contributed by atoms with Crippen LogP contribution in [0, 0.1) is 0 Å². The molecule has 2 N–H and O–H groups in total. The number of aromatic hydroxyl groups is 1. The van der Waals surface area contributed by atoms with E-state index in [1.807, 2.05) is 0 Å². The molecule has 2 aromatic heterocycles. The number of H-pyrrole nitrogens is 1. The molecular weight excluding hydrogens is 380 g/mol. The van der Waals surface area contributed by atoms with Crippen molar-refractivity contribution in [2.45, 2.75) is 18.0 Å². The van der Waals surface area contributed by atoms with Gasteiger partial charge in [0.1, 0.15) is 11.4 Å². The van der Waals surface area contributed by atoms with Gasteiger partial charge < -0.3 is 15.0 Å². The van der Waals surface area contributed by atoms with Gasteiger partial charge in [0.15, 0.2) is 5.78 Å². The number of carbonyl (C=O) groups excluding carboxylic acids is 2. The summed E-state index contributed by atoms with van der Waals surface area (Å²) >= 11 is 1.20. The number of likely N-dealkylation sites (tertiary alicyclic amines) is 1. The second-order valence-corrected chi connectivity index (χ2v) is 7.35. The van der Waals surface area contributed by atoms with Crippen LogP contribution in [0.4, 0.5) is 0 Å². The van der Waals surface area contributed by atoms with Crippen molar-refractivity contribution in [1.29, 1.82) is 0 Å². The number of hydrogen-bond acceptors (Lipinski definition) is 7. The number of carbonyl (C=O) groups is 2. The predicted octanol–water partition coefficient (Wildman–Crippen LogP) is 1.91. The molecule has 0 spiro atoms. The fourth-order valence-corrected chi connectivity index (χ4v) is 3.79. The molecule has 0 aliphatic carbocycles. The zero-order valence-electron chi connectivity index (χ0n) is 14.9. The van der Waals surface area contributed by atoms with Crippen LogP contribution in [0.1, 0.15) is 33.7 Å². The lowest BCUT2D eigenvalue weighted by molar-refractivity contribution is 0.0787. The van der Waals surface area contributed by atoms with Crippen molar-refractivity contribution in [1.82, 2.24) is 30.1 Å². The Morgan fingerprint density at radius 3 is 2.68 bits per heavy atom. The molecule has 0 unspecified atom stereocenters. The van der Waals surface area contributed by atoms with E-state index in [0.29, 0.717) is 22.1 Å². The van der Waals surface area contributed by atoms with Gasteiger partial charge in [-0.1, -0.05) is 11.8 Å². The number of nitrogens with zero attached hydrogens (tertiary/aromatic N) is 5. The summed E-state index contributed by atoms with van der Waals surface area (Å²) < 4.78 is 1.50. The maximum Gasteiger partial charge on any atom is 0.270 e. The zero-order chi connectivity index (χ0) is 19.5. The largest absolute Gasteiger partial charge is 0.508 e. The highest BCUT2D eigenvalue weighted by Gasteiger charge is 2.22. The summed E-state index contributed by atoms with van der Waals surface area (Å²) in [7, 11) is 0. The average molecular weight is 398 g/mol. The van der Waals surface area contributed by atoms with Crippen molar-refractivity contribution >= 4 is 23.5 Å². The molecule has 3 aromatic rings. The average Bonchev–Trinajstić information content (AvgIpc) is 3.48. The third-order valence-corrected chi connectivity index (χ3v) is 5.42. The number of nitrogens with one attached hydrogen (secondary N) is 1. The summed E-state index contributed by atoms with van der Waals surface area (Å²) in [6, 6.07) is 8.04. The highest BCUT2D eigenvalue weighted by atomic mass is 32.2. The summed E-state index contributed by atoms with van der Waals surface area (Å²) in [5, 5.41) is 21.4. The normalized spacial score (nSPS) is 13.8. The first kappa shape index (κ1) is 18.2. The zero-order valence-corrected chi connectivity index (χ0v) is 15.7. The van der Waals surface area contributed by atoms with Crippen molar-refractivity contribution in [2.24, 2.45) is 0 Å². The molecule has 0 atom stereocenters. The summed E-state index contributed by atoms with van der Waals surface area (Å²) in [4.78, 5) is 29.6. The molecule has 4 rings (SSSR count). The van der Waals surface area contributed by atoms with E-state index in [4.69, 9.17) is 0 Å². The molecular formula is C18H18N6O3S. The number of tetrazole rings is 1. The number of Topliss-reactive ketones (excluding diaryl/α,β-unsaturated/α-hetero) is 1. The van der Waals surface area contributed by atoms with Crippen LogP contribution < -0.4 is 0 Å². The fourth-order valence-electron chi connectivity index (χ4n) is 3.01.